The molecule has 1 saturated heterocycles. The monoisotopic (exact) mass is 299 g/mol. The summed E-state index contributed by atoms with van der Waals surface area (Å²) in [4.78, 5) is 2.44. The Balaban J connectivity index is 2.19. The molecule has 20 heavy (non-hydrogen) atoms. The summed E-state index contributed by atoms with van der Waals surface area (Å²) in [5.74, 6) is 0. The molecule has 1 heterocycles. The average molecular weight is 299 g/mol. The van der Waals surface area contributed by atoms with Gasteiger partial charge in [-0.3, -0.25) is 0 Å². The molecule has 7 heteroatoms. The van der Waals surface area contributed by atoms with Crippen LogP contribution in [-0.4, -0.2) is 47.3 Å². The Bertz CT molecular complexity index is 530. The molecule has 0 aliphatic carbocycles. The number of nitrogens with one attached hydrogen (secondary N) is 1. The van der Waals surface area contributed by atoms with E-state index < -0.39 is 10.0 Å². The summed E-state index contributed by atoms with van der Waals surface area (Å²) in [7, 11) is -3.39. The van der Waals surface area contributed by atoms with Crippen LogP contribution in [0.2, 0.25) is 0 Å². The first kappa shape index (κ1) is 15.2. The van der Waals surface area contributed by atoms with Gasteiger partial charge in [-0.15, -0.1) is 0 Å². The van der Waals surface area contributed by atoms with Crippen molar-refractivity contribution < 1.29 is 13.2 Å². The smallest absolute Gasteiger partial charge is 0.240 e. The molecule has 1 aromatic carbocycles. The molecule has 1 aliphatic rings. The molecule has 3 N–H and O–H groups in total. The fraction of sp³-hybridized carbons (Fsp3) is 0.538. The largest absolute Gasteiger partial charge is 0.377 e. The van der Waals surface area contributed by atoms with Crippen LogP contribution in [0.1, 0.15) is 6.92 Å². The SMILES string of the molecule is CCNS(=O)(=O)c1ccc(N2CCOCC2CN)cc1. The van der Waals surface area contributed by atoms with Crippen molar-refractivity contribution in [3.63, 3.8) is 0 Å². The summed E-state index contributed by atoms with van der Waals surface area (Å²) in [6, 6.07) is 7.02. The van der Waals surface area contributed by atoms with Gasteiger partial charge in [0.15, 0.2) is 0 Å². The van der Waals surface area contributed by atoms with Gasteiger partial charge in [0.25, 0.3) is 0 Å². The van der Waals surface area contributed by atoms with Gasteiger partial charge >= 0.3 is 0 Å². The van der Waals surface area contributed by atoms with E-state index in [1.807, 2.05) is 12.1 Å². The molecule has 2 rings (SSSR count). The van der Waals surface area contributed by atoms with Crippen LogP contribution in [-0.2, 0) is 14.8 Å². The maximum atomic E-state index is 11.9. The molecule has 0 amide bonds. The summed E-state index contributed by atoms with van der Waals surface area (Å²) in [5.41, 5.74) is 6.71. The van der Waals surface area contributed by atoms with E-state index >= 15 is 0 Å². The fourth-order valence-corrected chi connectivity index (χ4v) is 3.32. The highest BCUT2D eigenvalue weighted by Gasteiger charge is 2.22. The standard InChI is InChI=1S/C13H21N3O3S/c1-2-15-20(17,18)13-5-3-11(4-6-13)16-7-8-19-10-12(16)9-14/h3-6,12,15H,2,7-10,14H2,1H3. The number of ether oxygens (including phenoxy) is 1. The van der Waals surface area contributed by atoms with Gasteiger partial charge < -0.3 is 15.4 Å². The zero-order chi connectivity index (χ0) is 14.6. The number of sulfonamides is 1. The van der Waals surface area contributed by atoms with Crippen LogP contribution in [0.15, 0.2) is 29.2 Å². The number of rotatable bonds is 5. The van der Waals surface area contributed by atoms with E-state index in [9.17, 15) is 8.42 Å². The minimum Gasteiger partial charge on any atom is -0.377 e. The minimum absolute atomic E-state index is 0.139. The van der Waals surface area contributed by atoms with E-state index in [1.54, 1.807) is 19.1 Å². The third-order valence-electron chi connectivity index (χ3n) is 3.31. The van der Waals surface area contributed by atoms with E-state index in [-0.39, 0.29) is 10.9 Å². The van der Waals surface area contributed by atoms with E-state index in [0.717, 1.165) is 12.2 Å². The number of hydrogen-bond donors (Lipinski definition) is 2. The van der Waals surface area contributed by atoms with Gasteiger partial charge in [-0.2, -0.15) is 0 Å². The van der Waals surface area contributed by atoms with Crippen LogP contribution in [0.3, 0.4) is 0 Å². The molecule has 0 saturated carbocycles. The van der Waals surface area contributed by atoms with Gasteiger partial charge in [0.05, 0.1) is 24.2 Å². The summed E-state index contributed by atoms with van der Waals surface area (Å²) in [6.07, 6.45) is 0. The van der Waals surface area contributed by atoms with Gasteiger partial charge in [0.2, 0.25) is 10.0 Å². The first-order valence-electron chi connectivity index (χ1n) is 6.72. The predicted molar refractivity (Wildman–Crippen MR) is 78.3 cm³/mol. The molecule has 0 aromatic heterocycles. The zero-order valence-electron chi connectivity index (χ0n) is 11.6. The summed E-state index contributed by atoms with van der Waals surface area (Å²) in [6.45, 7) is 4.68. The van der Waals surface area contributed by atoms with Gasteiger partial charge in [-0.1, -0.05) is 6.92 Å². The molecule has 1 aliphatic heterocycles. The topological polar surface area (TPSA) is 84.7 Å². The quantitative estimate of drug-likeness (QED) is 0.808. The Kier molecular flexibility index (Phi) is 4.98. The highest BCUT2D eigenvalue weighted by atomic mass is 32.2. The van der Waals surface area contributed by atoms with Crippen molar-refractivity contribution in [1.29, 1.82) is 0 Å². The predicted octanol–water partition coefficient (Wildman–Crippen LogP) is 0.149. The van der Waals surface area contributed by atoms with Crippen LogP contribution in [0.25, 0.3) is 0 Å². The van der Waals surface area contributed by atoms with Crippen molar-refractivity contribution in [1.82, 2.24) is 4.72 Å². The lowest BCUT2D eigenvalue weighted by molar-refractivity contribution is 0.0963. The second kappa shape index (κ2) is 6.53. The maximum Gasteiger partial charge on any atom is 0.240 e. The normalized spacial score (nSPS) is 20.1. The second-order valence-electron chi connectivity index (χ2n) is 4.65. The van der Waals surface area contributed by atoms with Crippen LogP contribution in [0.4, 0.5) is 5.69 Å². The van der Waals surface area contributed by atoms with Crippen molar-refractivity contribution in [2.45, 2.75) is 17.9 Å². The summed E-state index contributed by atoms with van der Waals surface area (Å²) >= 11 is 0. The third-order valence-corrected chi connectivity index (χ3v) is 4.87. The number of hydrogen-bond acceptors (Lipinski definition) is 5. The van der Waals surface area contributed by atoms with E-state index in [0.29, 0.717) is 26.3 Å². The fourth-order valence-electron chi connectivity index (χ4n) is 2.28. The first-order valence-corrected chi connectivity index (χ1v) is 8.21. The highest BCUT2D eigenvalue weighted by Crippen LogP contribution is 2.21. The van der Waals surface area contributed by atoms with Crippen molar-refractivity contribution in [3.05, 3.63) is 24.3 Å². The molecule has 0 bridgehead atoms. The van der Waals surface area contributed by atoms with E-state index in [4.69, 9.17) is 10.5 Å². The van der Waals surface area contributed by atoms with Crippen molar-refractivity contribution in [2.75, 3.05) is 37.7 Å². The highest BCUT2D eigenvalue weighted by molar-refractivity contribution is 7.89. The Morgan fingerprint density at radius 2 is 2.10 bits per heavy atom. The lowest BCUT2D eigenvalue weighted by Gasteiger charge is -2.36. The third kappa shape index (κ3) is 3.29. The molecule has 1 atom stereocenters. The van der Waals surface area contributed by atoms with Gasteiger partial charge in [0, 0.05) is 25.3 Å². The molecule has 1 unspecified atom stereocenters. The van der Waals surface area contributed by atoms with Crippen LogP contribution >= 0.6 is 0 Å². The Labute approximate surface area is 120 Å². The maximum absolute atomic E-state index is 11.9. The molecular formula is C13H21N3O3S. The van der Waals surface area contributed by atoms with E-state index in [2.05, 4.69) is 9.62 Å². The summed E-state index contributed by atoms with van der Waals surface area (Å²) in [5, 5.41) is 0. The Morgan fingerprint density at radius 3 is 2.70 bits per heavy atom. The first-order chi connectivity index (χ1) is 9.58. The van der Waals surface area contributed by atoms with Crippen LogP contribution in [0.5, 0.6) is 0 Å². The molecule has 112 valence electrons. The number of nitrogens with zero attached hydrogens (tertiary/aromatic N) is 1. The van der Waals surface area contributed by atoms with Gasteiger partial charge in [-0.25, -0.2) is 13.1 Å². The van der Waals surface area contributed by atoms with Crippen LogP contribution < -0.4 is 15.4 Å². The lowest BCUT2D eigenvalue weighted by atomic mass is 10.2. The molecule has 1 fully saturated rings. The number of anilines is 1. The molecule has 0 spiro atoms. The average Bonchev–Trinajstić information content (AvgIpc) is 2.47. The Hall–Kier alpha value is -1.15. The molecule has 1 aromatic rings. The number of benzene rings is 1. The molecule has 0 radical (unpaired) electrons. The van der Waals surface area contributed by atoms with Gasteiger partial charge in [-0.05, 0) is 24.3 Å². The van der Waals surface area contributed by atoms with Crippen molar-refractivity contribution in [2.24, 2.45) is 5.73 Å². The molecule has 6 nitrogen and oxygen atoms in total. The van der Waals surface area contributed by atoms with Crippen LogP contribution in [0, 0.1) is 0 Å². The van der Waals surface area contributed by atoms with Crippen molar-refractivity contribution in [3.8, 4) is 0 Å². The number of nitrogens with two attached hydrogens (primary N) is 1. The van der Waals surface area contributed by atoms with Gasteiger partial charge in [0.1, 0.15) is 0 Å². The number of morpholine rings is 1. The second-order valence-corrected chi connectivity index (χ2v) is 6.42. The Morgan fingerprint density at radius 1 is 1.40 bits per heavy atom. The minimum atomic E-state index is -3.39. The lowest BCUT2D eigenvalue weighted by Crippen LogP contribution is -2.49. The van der Waals surface area contributed by atoms with E-state index in [1.165, 1.54) is 0 Å². The summed E-state index contributed by atoms with van der Waals surface area (Å²) < 4.78 is 31.6. The van der Waals surface area contributed by atoms with Crippen molar-refractivity contribution >= 4 is 15.7 Å². The molecular weight excluding hydrogens is 278 g/mol. The zero-order valence-corrected chi connectivity index (χ0v) is 12.4.